The highest BCUT2D eigenvalue weighted by molar-refractivity contribution is 5.35. The summed E-state index contributed by atoms with van der Waals surface area (Å²) in [6.07, 6.45) is 9.97. The van der Waals surface area contributed by atoms with Crippen molar-refractivity contribution >= 4 is 0 Å². The van der Waals surface area contributed by atoms with Gasteiger partial charge in [-0.15, -0.1) is 0 Å². The molecular formula is C20H38O. The number of hydrogen-bond donors (Lipinski definition) is 0. The van der Waals surface area contributed by atoms with E-state index in [4.69, 9.17) is 4.74 Å². The molecular weight excluding hydrogens is 256 g/mol. The molecule has 21 heavy (non-hydrogen) atoms. The van der Waals surface area contributed by atoms with Crippen molar-refractivity contribution in [2.24, 2.45) is 0 Å². The van der Waals surface area contributed by atoms with E-state index in [1.807, 2.05) is 26.8 Å². The second kappa shape index (κ2) is 17.1. The van der Waals surface area contributed by atoms with Crippen LogP contribution in [0.25, 0.3) is 0 Å². The smallest absolute Gasteiger partial charge is 0.122 e. The average molecular weight is 295 g/mol. The van der Waals surface area contributed by atoms with Gasteiger partial charge in [0.15, 0.2) is 0 Å². The Balaban J connectivity index is 0. The van der Waals surface area contributed by atoms with Crippen LogP contribution >= 0.6 is 0 Å². The molecule has 1 aromatic carbocycles. The Morgan fingerprint density at radius 2 is 1.29 bits per heavy atom. The van der Waals surface area contributed by atoms with Crippen molar-refractivity contribution < 1.29 is 4.74 Å². The lowest BCUT2D eigenvalue weighted by molar-refractivity contribution is 0.411. The maximum atomic E-state index is 5.13. The van der Waals surface area contributed by atoms with Crippen molar-refractivity contribution in [3.05, 3.63) is 29.3 Å². The minimum Gasteiger partial charge on any atom is -0.496 e. The number of ether oxygens (including phenoxy) is 1. The minimum atomic E-state index is 0.972. The topological polar surface area (TPSA) is 9.23 Å². The van der Waals surface area contributed by atoms with E-state index in [9.17, 15) is 0 Å². The molecule has 0 saturated heterocycles. The molecule has 0 amide bonds. The molecule has 124 valence electrons. The number of methoxy groups -OCH3 is 1. The highest BCUT2D eigenvalue weighted by atomic mass is 16.5. The van der Waals surface area contributed by atoms with E-state index in [1.165, 1.54) is 56.1 Å². The quantitative estimate of drug-likeness (QED) is 0.487. The van der Waals surface area contributed by atoms with Crippen LogP contribution in [-0.2, 0) is 0 Å². The van der Waals surface area contributed by atoms with Gasteiger partial charge in [0.25, 0.3) is 0 Å². The first-order valence-corrected chi connectivity index (χ1v) is 8.76. The largest absolute Gasteiger partial charge is 0.496 e. The van der Waals surface area contributed by atoms with Gasteiger partial charge in [-0.1, -0.05) is 84.8 Å². The lowest BCUT2D eigenvalue weighted by Gasteiger charge is -2.03. The Kier molecular flexibility index (Phi) is 18.1. The molecule has 0 bridgehead atoms. The molecule has 0 aliphatic heterocycles. The summed E-state index contributed by atoms with van der Waals surface area (Å²) in [7, 11) is 1.70. The Hall–Kier alpha value is -0.980. The normalized spacial score (nSPS) is 9.10. The van der Waals surface area contributed by atoms with Crippen LogP contribution in [0.5, 0.6) is 5.75 Å². The highest BCUT2D eigenvalue weighted by Crippen LogP contribution is 2.17. The zero-order valence-electron chi connectivity index (χ0n) is 15.6. The van der Waals surface area contributed by atoms with Gasteiger partial charge in [-0.05, 0) is 31.0 Å². The van der Waals surface area contributed by atoms with Crippen molar-refractivity contribution in [3.8, 4) is 5.75 Å². The number of hydrogen-bond acceptors (Lipinski definition) is 1. The standard InChI is InChI=1S/C9H12O.C9H20.C2H6/c1-7-4-5-8(2)9(6-7)10-3;1-3-5-7-9-8-6-4-2;1-2/h4-6H,1-3H3;3-9H2,1-2H3;1-2H3. The summed E-state index contributed by atoms with van der Waals surface area (Å²) in [6, 6.07) is 6.18. The second-order valence-corrected chi connectivity index (χ2v) is 5.24. The van der Waals surface area contributed by atoms with Crippen molar-refractivity contribution in [1.29, 1.82) is 0 Å². The molecule has 0 spiro atoms. The summed E-state index contributed by atoms with van der Waals surface area (Å²) in [5.41, 5.74) is 2.43. The summed E-state index contributed by atoms with van der Waals surface area (Å²) >= 11 is 0. The molecule has 1 heteroatoms. The van der Waals surface area contributed by atoms with E-state index >= 15 is 0 Å². The predicted octanol–water partition coefficient (Wildman–Crippen LogP) is 7.10. The maximum Gasteiger partial charge on any atom is 0.122 e. The van der Waals surface area contributed by atoms with E-state index in [2.05, 4.69) is 32.9 Å². The van der Waals surface area contributed by atoms with Crippen LogP contribution in [0.15, 0.2) is 18.2 Å². The van der Waals surface area contributed by atoms with Gasteiger partial charge in [0.05, 0.1) is 7.11 Å². The molecule has 0 aliphatic carbocycles. The Morgan fingerprint density at radius 3 is 1.67 bits per heavy atom. The van der Waals surface area contributed by atoms with Crippen LogP contribution in [0.2, 0.25) is 0 Å². The zero-order valence-corrected chi connectivity index (χ0v) is 15.6. The molecule has 0 unspecified atom stereocenters. The summed E-state index contributed by atoms with van der Waals surface area (Å²) in [6.45, 7) is 12.6. The van der Waals surface area contributed by atoms with Gasteiger partial charge in [0.2, 0.25) is 0 Å². The molecule has 1 rings (SSSR count). The van der Waals surface area contributed by atoms with Gasteiger partial charge in [0.1, 0.15) is 5.75 Å². The van der Waals surface area contributed by atoms with Gasteiger partial charge < -0.3 is 4.74 Å². The molecule has 1 nitrogen and oxygen atoms in total. The lowest BCUT2D eigenvalue weighted by Crippen LogP contribution is -1.86. The molecule has 0 saturated carbocycles. The molecule has 0 aromatic heterocycles. The molecule has 0 N–H and O–H groups in total. The summed E-state index contributed by atoms with van der Waals surface area (Å²) in [5.74, 6) is 0.972. The third kappa shape index (κ3) is 13.7. The highest BCUT2D eigenvalue weighted by Gasteiger charge is 1.95. The third-order valence-electron chi connectivity index (χ3n) is 3.27. The van der Waals surface area contributed by atoms with Gasteiger partial charge in [-0.2, -0.15) is 0 Å². The van der Waals surface area contributed by atoms with Crippen molar-refractivity contribution in [2.75, 3.05) is 7.11 Å². The number of rotatable bonds is 7. The monoisotopic (exact) mass is 294 g/mol. The van der Waals surface area contributed by atoms with Crippen LogP contribution in [0.3, 0.4) is 0 Å². The van der Waals surface area contributed by atoms with E-state index in [-0.39, 0.29) is 0 Å². The van der Waals surface area contributed by atoms with Crippen LogP contribution in [0.1, 0.15) is 83.8 Å². The third-order valence-corrected chi connectivity index (χ3v) is 3.27. The summed E-state index contributed by atoms with van der Waals surface area (Å²) in [4.78, 5) is 0. The fraction of sp³-hybridized carbons (Fsp3) is 0.700. The van der Waals surface area contributed by atoms with E-state index in [0.29, 0.717) is 0 Å². The average Bonchev–Trinajstić information content (AvgIpc) is 2.52. The predicted molar refractivity (Wildman–Crippen MR) is 97.5 cm³/mol. The van der Waals surface area contributed by atoms with Crippen LogP contribution in [0.4, 0.5) is 0 Å². The SMILES string of the molecule is CC.CCCCCCCCC.COc1cc(C)ccc1C. The second-order valence-electron chi connectivity index (χ2n) is 5.24. The van der Waals surface area contributed by atoms with Gasteiger partial charge in [-0.3, -0.25) is 0 Å². The number of aryl methyl sites for hydroxylation is 2. The first kappa shape index (κ1) is 22.3. The van der Waals surface area contributed by atoms with E-state index < -0.39 is 0 Å². The fourth-order valence-electron chi connectivity index (χ4n) is 1.96. The number of benzene rings is 1. The fourth-order valence-corrected chi connectivity index (χ4v) is 1.96. The zero-order chi connectivity index (χ0) is 16.5. The van der Waals surface area contributed by atoms with E-state index in [1.54, 1.807) is 7.11 Å². The molecule has 0 atom stereocenters. The maximum absolute atomic E-state index is 5.13. The summed E-state index contributed by atoms with van der Waals surface area (Å²) in [5, 5.41) is 0. The van der Waals surface area contributed by atoms with Gasteiger partial charge >= 0.3 is 0 Å². The first-order chi connectivity index (χ1) is 10.2. The molecule has 0 radical (unpaired) electrons. The molecule has 0 aliphatic rings. The Bertz CT molecular complexity index is 312. The van der Waals surface area contributed by atoms with Crippen molar-refractivity contribution in [3.63, 3.8) is 0 Å². The number of unbranched alkanes of at least 4 members (excludes halogenated alkanes) is 6. The first-order valence-electron chi connectivity index (χ1n) is 8.76. The molecule has 0 heterocycles. The minimum absolute atomic E-state index is 0.972. The Morgan fingerprint density at radius 1 is 0.810 bits per heavy atom. The van der Waals surface area contributed by atoms with Gasteiger partial charge in [-0.25, -0.2) is 0 Å². The van der Waals surface area contributed by atoms with Crippen molar-refractivity contribution in [2.45, 2.75) is 86.5 Å². The van der Waals surface area contributed by atoms with Crippen LogP contribution in [0, 0.1) is 13.8 Å². The Labute approximate surface area is 134 Å². The van der Waals surface area contributed by atoms with Crippen molar-refractivity contribution in [1.82, 2.24) is 0 Å². The molecule has 0 fully saturated rings. The van der Waals surface area contributed by atoms with Crippen LogP contribution < -0.4 is 4.74 Å². The van der Waals surface area contributed by atoms with Gasteiger partial charge in [0, 0.05) is 0 Å². The summed E-state index contributed by atoms with van der Waals surface area (Å²) < 4.78 is 5.13. The van der Waals surface area contributed by atoms with E-state index in [0.717, 1.165) is 5.75 Å². The van der Waals surface area contributed by atoms with Crippen LogP contribution in [-0.4, -0.2) is 7.11 Å². The molecule has 1 aromatic rings. The lowest BCUT2D eigenvalue weighted by atomic mass is 10.1.